The zero-order valence-electron chi connectivity index (χ0n) is 15.5. The summed E-state index contributed by atoms with van der Waals surface area (Å²) in [5, 5.41) is 2.60. The van der Waals surface area contributed by atoms with E-state index < -0.39 is 10.0 Å². The molecular weight excluding hydrogens is 376 g/mol. The molecule has 0 aliphatic rings. The number of rotatable bonds is 6. The van der Waals surface area contributed by atoms with E-state index in [0.717, 1.165) is 11.1 Å². The number of carbonyl (C=O) groups excluding carboxylic acids is 1. The van der Waals surface area contributed by atoms with Gasteiger partial charge < -0.3 is 10.1 Å². The van der Waals surface area contributed by atoms with Crippen LogP contribution in [0.2, 0.25) is 0 Å². The van der Waals surface area contributed by atoms with Crippen molar-refractivity contribution < 1.29 is 17.9 Å². The molecule has 0 atom stereocenters. The zero-order chi connectivity index (χ0) is 20.1. The highest BCUT2D eigenvalue weighted by atomic mass is 32.2. The lowest BCUT2D eigenvalue weighted by Crippen LogP contribution is -2.14. The number of benzene rings is 3. The van der Waals surface area contributed by atoms with Crippen molar-refractivity contribution in [3.63, 3.8) is 0 Å². The minimum atomic E-state index is -3.86. The molecule has 3 rings (SSSR count). The van der Waals surface area contributed by atoms with Crippen LogP contribution >= 0.6 is 0 Å². The number of ether oxygens (including phenoxy) is 1. The third kappa shape index (κ3) is 4.32. The second-order valence-corrected chi connectivity index (χ2v) is 7.74. The number of sulfonamides is 1. The van der Waals surface area contributed by atoms with Gasteiger partial charge in [-0.2, -0.15) is 0 Å². The third-order valence-corrected chi connectivity index (χ3v) is 5.41. The molecule has 0 saturated carbocycles. The van der Waals surface area contributed by atoms with Gasteiger partial charge in [-0.05, 0) is 23.8 Å². The number of anilines is 2. The summed E-state index contributed by atoms with van der Waals surface area (Å²) in [5.74, 6) is -0.0155. The summed E-state index contributed by atoms with van der Waals surface area (Å²) in [6, 6.07) is 21.0. The Morgan fingerprint density at radius 2 is 1.57 bits per heavy atom. The fourth-order valence-corrected chi connectivity index (χ4v) is 3.87. The number of carbonyl (C=O) groups is 1. The molecule has 6 nitrogen and oxygen atoms in total. The lowest BCUT2D eigenvalue weighted by Gasteiger charge is -2.15. The molecule has 0 aliphatic carbocycles. The van der Waals surface area contributed by atoms with Crippen molar-refractivity contribution in [3.05, 3.63) is 72.8 Å². The first-order valence-electron chi connectivity index (χ1n) is 8.53. The molecule has 144 valence electrons. The first kappa shape index (κ1) is 19.4. The predicted molar refractivity (Wildman–Crippen MR) is 110 cm³/mol. The normalized spacial score (nSPS) is 10.9. The van der Waals surface area contributed by atoms with Gasteiger partial charge in [-0.1, -0.05) is 48.5 Å². The number of para-hydroxylation sites is 1. The van der Waals surface area contributed by atoms with E-state index in [2.05, 4.69) is 10.0 Å². The SMILES string of the molecule is COc1cc(S(=O)(=O)Nc2ccccc2-c2ccccc2)ccc1NC(C)=O. The van der Waals surface area contributed by atoms with E-state index in [1.54, 1.807) is 12.1 Å². The molecule has 1 amide bonds. The molecule has 0 fully saturated rings. The van der Waals surface area contributed by atoms with Crippen molar-refractivity contribution in [2.24, 2.45) is 0 Å². The molecule has 3 aromatic carbocycles. The van der Waals surface area contributed by atoms with E-state index in [-0.39, 0.29) is 16.6 Å². The molecule has 0 heterocycles. The Morgan fingerprint density at radius 3 is 2.25 bits per heavy atom. The molecule has 0 spiro atoms. The van der Waals surface area contributed by atoms with Crippen molar-refractivity contribution >= 4 is 27.3 Å². The summed E-state index contributed by atoms with van der Waals surface area (Å²) in [6.07, 6.45) is 0. The van der Waals surface area contributed by atoms with E-state index >= 15 is 0 Å². The Kier molecular flexibility index (Phi) is 5.65. The summed E-state index contributed by atoms with van der Waals surface area (Å²) >= 11 is 0. The Labute approximate surface area is 164 Å². The summed E-state index contributed by atoms with van der Waals surface area (Å²) in [6.45, 7) is 1.37. The number of methoxy groups -OCH3 is 1. The van der Waals surface area contributed by atoms with Crippen LogP contribution in [0.1, 0.15) is 6.92 Å². The predicted octanol–water partition coefficient (Wildman–Crippen LogP) is 4.12. The van der Waals surface area contributed by atoms with Crippen molar-refractivity contribution in [2.75, 3.05) is 17.1 Å². The van der Waals surface area contributed by atoms with Crippen LogP contribution in [0.4, 0.5) is 11.4 Å². The van der Waals surface area contributed by atoms with Crippen LogP contribution in [0.15, 0.2) is 77.7 Å². The first-order chi connectivity index (χ1) is 13.4. The van der Waals surface area contributed by atoms with Gasteiger partial charge in [0.05, 0.1) is 23.4 Å². The summed E-state index contributed by atoms with van der Waals surface area (Å²) < 4.78 is 33.7. The smallest absolute Gasteiger partial charge is 0.262 e. The molecule has 0 aliphatic heterocycles. The quantitative estimate of drug-likeness (QED) is 0.656. The van der Waals surface area contributed by atoms with Gasteiger partial charge >= 0.3 is 0 Å². The van der Waals surface area contributed by atoms with Crippen molar-refractivity contribution in [2.45, 2.75) is 11.8 Å². The molecule has 0 radical (unpaired) electrons. The highest BCUT2D eigenvalue weighted by Gasteiger charge is 2.19. The summed E-state index contributed by atoms with van der Waals surface area (Å²) in [7, 11) is -2.45. The maximum Gasteiger partial charge on any atom is 0.262 e. The molecule has 0 saturated heterocycles. The molecule has 2 N–H and O–H groups in total. The number of hydrogen-bond acceptors (Lipinski definition) is 4. The Bertz CT molecular complexity index is 1100. The standard InChI is InChI=1S/C21H20N2O4S/c1-15(24)22-20-13-12-17(14-21(20)27-2)28(25,26)23-19-11-7-6-10-18(19)16-8-4-3-5-9-16/h3-14,23H,1-2H3,(H,22,24). The number of nitrogens with one attached hydrogen (secondary N) is 2. The monoisotopic (exact) mass is 396 g/mol. The Balaban J connectivity index is 1.96. The Hall–Kier alpha value is -3.32. The van der Waals surface area contributed by atoms with E-state index in [1.165, 1.54) is 32.2 Å². The number of hydrogen-bond donors (Lipinski definition) is 2. The van der Waals surface area contributed by atoms with E-state index in [4.69, 9.17) is 4.74 Å². The molecular formula is C21H20N2O4S. The largest absolute Gasteiger partial charge is 0.495 e. The van der Waals surface area contributed by atoms with Gasteiger partial charge in [-0.15, -0.1) is 0 Å². The minimum absolute atomic E-state index is 0.0290. The molecule has 28 heavy (non-hydrogen) atoms. The van der Waals surface area contributed by atoms with Crippen molar-refractivity contribution in [1.29, 1.82) is 0 Å². The first-order valence-corrected chi connectivity index (χ1v) is 10.0. The van der Waals surface area contributed by atoms with Crippen LogP contribution < -0.4 is 14.8 Å². The number of amides is 1. The highest BCUT2D eigenvalue weighted by molar-refractivity contribution is 7.92. The third-order valence-electron chi connectivity index (χ3n) is 4.05. The molecule has 0 aromatic heterocycles. The van der Waals surface area contributed by atoms with Crippen LogP contribution in [0.3, 0.4) is 0 Å². The van der Waals surface area contributed by atoms with Crippen LogP contribution in [-0.2, 0) is 14.8 Å². The van der Waals surface area contributed by atoms with Crippen LogP contribution in [0.25, 0.3) is 11.1 Å². The van der Waals surface area contributed by atoms with Gasteiger partial charge in [0.15, 0.2) is 0 Å². The van der Waals surface area contributed by atoms with E-state index in [1.807, 2.05) is 42.5 Å². The average Bonchev–Trinajstić information content (AvgIpc) is 2.68. The second kappa shape index (κ2) is 8.14. The topological polar surface area (TPSA) is 84.5 Å². The van der Waals surface area contributed by atoms with Gasteiger partial charge in [-0.25, -0.2) is 8.42 Å². The lowest BCUT2D eigenvalue weighted by atomic mass is 10.0. The fourth-order valence-electron chi connectivity index (χ4n) is 2.78. The molecule has 7 heteroatoms. The van der Waals surface area contributed by atoms with Crippen molar-refractivity contribution in [1.82, 2.24) is 0 Å². The maximum atomic E-state index is 12.9. The summed E-state index contributed by atoms with van der Waals surface area (Å²) in [4.78, 5) is 11.3. The molecule has 3 aromatic rings. The van der Waals surface area contributed by atoms with Crippen molar-refractivity contribution in [3.8, 4) is 16.9 Å². The zero-order valence-corrected chi connectivity index (χ0v) is 16.3. The highest BCUT2D eigenvalue weighted by Crippen LogP contribution is 2.32. The van der Waals surface area contributed by atoms with Crippen LogP contribution in [-0.4, -0.2) is 21.4 Å². The van der Waals surface area contributed by atoms with Crippen LogP contribution in [0.5, 0.6) is 5.75 Å². The van der Waals surface area contributed by atoms with Gasteiger partial charge in [0.25, 0.3) is 10.0 Å². The molecule has 0 bridgehead atoms. The van der Waals surface area contributed by atoms with E-state index in [9.17, 15) is 13.2 Å². The van der Waals surface area contributed by atoms with Gasteiger partial charge in [0.1, 0.15) is 5.75 Å². The summed E-state index contributed by atoms with van der Waals surface area (Å²) in [5.41, 5.74) is 2.55. The fraction of sp³-hybridized carbons (Fsp3) is 0.0952. The van der Waals surface area contributed by atoms with Gasteiger partial charge in [0.2, 0.25) is 5.91 Å². The van der Waals surface area contributed by atoms with E-state index in [0.29, 0.717) is 11.4 Å². The maximum absolute atomic E-state index is 12.9. The van der Waals surface area contributed by atoms with Gasteiger partial charge in [0, 0.05) is 18.6 Å². The lowest BCUT2D eigenvalue weighted by molar-refractivity contribution is -0.114. The minimum Gasteiger partial charge on any atom is -0.495 e. The average molecular weight is 396 g/mol. The van der Waals surface area contributed by atoms with Gasteiger partial charge in [-0.3, -0.25) is 9.52 Å². The Morgan fingerprint density at radius 1 is 0.893 bits per heavy atom. The second-order valence-electron chi connectivity index (χ2n) is 6.06. The molecule has 0 unspecified atom stereocenters. The van der Waals surface area contributed by atoms with Crippen LogP contribution in [0, 0.1) is 0 Å².